The largest absolute Gasteiger partial charge is 0.289 e. The third-order valence-corrected chi connectivity index (χ3v) is 2.17. The number of nitrogens with zero attached hydrogens (tertiary/aromatic N) is 3. The smallest absolute Gasteiger partial charge is 0.263 e. The Hall–Kier alpha value is -2.37. The number of benzene rings is 1. The van der Waals surface area contributed by atoms with Gasteiger partial charge in [-0.1, -0.05) is 0 Å². The molecular formula is C11H8FN3O2. The van der Waals surface area contributed by atoms with E-state index in [1.165, 1.54) is 42.8 Å². The predicted octanol–water partition coefficient (Wildman–Crippen LogP) is 2.14. The van der Waals surface area contributed by atoms with Gasteiger partial charge in [-0.15, -0.1) is 0 Å². The maximum absolute atomic E-state index is 12.7. The SMILES string of the molecule is O=[N+]([O-])C1C=NC=CC1=Nc1ccc(F)cc1. The van der Waals surface area contributed by atoms with Crippen molar-refractivity contribution < 1.29 is 9.31 Å². The Morgan fingerprint density at radius 2 is 2.06 bits per heavy atom. The van der Waals surface area contributed by atoms with Crippen LogP contribution in [0, 0.1) is 15.9 Å². The van der Waals surface area contributed by atoms with Crippen LogP contribution in [0.4, 0.5) is 10.1 Å². The topological polar surface area (TPSA) is 67.9 Å². The average molecular weight is 233 g/mol. The minimum absolute atomic E-state index is 0.275. The highest BCUT2D eigenvalue weighted by atomic mass is 19.1. The molecule has 1 aromatic rings. The van der Waals surface area contributed by atoms with E-state index in [0.29, 0.717) is 5.69 Å². The zero-order valence-electron chi connectivity index (χ0n) is 8.65. The van der Waals surface area contributed by atoms with Gasteiger partial charge in [0.05, 0.1) is 11.9 Å². The summed E-state index contributed by atoms with van der Waals surface area (Å²) in [7, 11) is 0. The molecule has 0 fully saturated rings. The molecule has 1 aliphatic rings. The molecule has 0 aliphatic carbocycles. The standard InChI is InChI=1S/C11H8FN3O2/c12-8-1-3-9(4-2-8)14-10-5-6-13-7-11(10)15(16)17/h1-7,11H. The van der Waals surface area contributed by atoms with Crippen LogP contribution in [0.2, 0.25) is 0 Å². The van der Waals surface area contributed by atoms with Crippen molar-refractivity contribution in [3.63, 3.8) is 0 Å². The number of hydrogen-bond acceptors (Lipinski definition) is 4. The molecule has 1 heterocycles. The van der Waals surface area contributed by atoms with Gasteiger partial charge in [-0.25, -0.2) is 9.38 Å². The van der Waals surface area contributed by atoms with E-state index in [2.05, 4.69) is 9.98 Å². The molecule has 5 nitrogen and oxygen atoms in total. The summed E-state index contributed by atoms with van der Waals surface area (Å²) in [6.45, 7) is 0. The minimum Gasteiger partial charge on any atom is -0.263 e. The van der Waals surface area contributed by atoms with Crippen molar-refractivity contribution in [3.05, 3.63) is 52.5 Å². The molecule has 0 aromatic heterocycles. The van der Waals surface area contributed by atoms with Gasteiger partial charge in [0.1, 0.15) is 11.5 Å². The molecule has 1 aromatic carbocycles. The molecule has 0 saturated heterocycles. The van der Waals surface area contributed by atoms with E-state index >= 15 is 0 Å². The molecule has 6 heteroatoms. The Labute approximate surface area is 96.2 Å². The summed E-state index contributed by atoms with van der Waals surface area (Å²) in [4.78, 5) is 18.1. The van der Waals surface area contributed by atoms with Crippen molar-refractivity contribution >= 4 is 17.6 Å². The molecular weight excluding hydrogens is 225 g/mol. The Balaban J connectivity index is 2.31. The number of aliphatic imine (C=N–C) groups is 2. The lowest BCUT2D eigenvalue weighted by atomic mass is 10.1. The third kappa shape index (κ3) is 2.60. The molecule has 1 atom stereocenters. The van der Waals surface area contributed by atoms with Crippen molar-refractivity contribution in [2.75, 3.05) is 0 Å². The summed E-state index contributed by atoms with van der Waals surface area (Å²) < 4.78 is 12.7. The van der Waals surface area contributed by atoms with Gasteiger partial charge in [-0.3, -0.25) is 15.1 Å². The first-order valence-corrected chi connectivity index (χ1v) is 4.84. The molecule has 17 heavy (non-hydrogen) atoms. The average Bonchev–Trinajstić information content (AvgIpc) is 2.32. The fourth-order valence-electron chi connectivity index (χ4n) is 1.36. The first-order chi connectivity index (χ1) is 8.16. The first-order valence-electron chi connectivity index (χ1n) is 4.84. The molecule has 0 bridgehead atoms. The van der Waals surface area contributed by atoms with Crippen LogP contribution < -0.4 is 0 Å². The maximum atomic E-state index is 12.7. The molecule has 1 unspecified atom stereocenters. The lowest BCUT2D eigenvalue weighted by Crippen LogP contribution is -2.31. The fourth-order valence-corrected chi connectivity index (χ4v) is 1.36. The van der Waals surface area contributed by atoms with Crippen LogP contribution in [-0.4, -0.2) is 22.9 Å². The molecule has 0 saturated carbocycles. The van der Waals surface area contributed by atoms with Gasteiger partial charge < -0.3 is 0 Å². The van der Waals surface area contributed by atoms with Crippen molar-refractivity contribution in [1.82, 2.24) is 0 Å². The molecule has 86 valence electrons. The van der Waals surface area contributed by atoms with Crippen LogP contribution in [0.5, 0.6) is 0 Å². The van der Waals surface area contributed by atoms with E-state index < -0.39 is 11.0 Å². The van der Waals surface area contributed by atoms with Gasteiger partial charge in [0.2, 0.25) is 0 Å². The zero-order chi connectivity index (χ0) is 12.3. The van der Waals surface area contributed by atoms with E-state index in [1.54, 1.807) is 0 Å². The van der Waals surface area contributed by atoms with Crippen LogP contribution in [0.25, 0.3) is 0 Å². The van der Waals surface area contributed by atoms with Gasteiger partial charge in [0.25, 0.3) is 6.04 Å². The van der Waals surface area contributed by atoms with Crippen LogP contribution in [0.15, 0.2) is 46.5 Å². The Morgan fingerprint density at radius 3 is 2.71 bits per heavy atom. The van der Waals surface area contributed by atoms with Gasteiger partial charge >= 0.3 is 0 Å². The highest BCUT2D eigenvalue weighted by Crippen LogP contribution is 2.14. The van der Waals surface area contributed by atoms with Crippen LogP contribution in [0.3, 0.4) is 0 Å². The van der Waals surface area contributed by atoms with E-state index in [9.17, 15) is 14.5 Å². The van der Waals surface area contributed by atoms with Crippen molar-refractivity contribution in [2.24, 2.45) is 9.98 Å². The third-order valence-electron chi connectivity index (χ3n) is 2.17. The van der Waals surface area contributed by atoms with E-state index in [1.807, 2.05) is 0 Å². The minimum atomic E-state index is -1.05. The summed E-state index contributed by atoms with van der Waals surface area (Å²) in [6, 6.07) is 4.37. The number of hydrogen-bond donors (Lipinski definition) is 0. The number of rotatable bonds is 2. The van der Waals surface area contributed by atoms with Crippen molar-refractivity contribution in [1.29, 1.82) is 0 Å². The zero-order valence-corrected chi connectivity index (χ0v) is 8.65. The second-order valence-corrected chi connectivity index (χ2v) is 3.36. The van der Waals surface area contributed by atoms with E-state index in [0.717, 1.165) is 0 Å². The quantitative estimate of drug-likeness (QED) is 0.580. The van der Waals surface area contributed by atoms with Crippen LogP contribution in [0.1, 0.15) is 0 Å². The van der Waals surface area contributed by atoms with Crippen molar-refractivity contribution in [3.8, 4) is 0 Å². The van der Waals surface area contributed by atoms with E-state index in [4.69, 9.17) is 0 Å². The lowest BCUT2D eigenvalue weighted by molar-refractivity contribution is -0.483. The second-order valence-electron chi connectivity index (χ2n) is 3.36. The molecule has 0 N–H and O–H groups in total. The summed E-state index contributed by atoms with van der Waals surface area (Å²) in [5.41, 5.74) is 0.741. The van der Waals surface area contributed by atoms with Gasteiger partial charge in [-0.2, -0.15) is 0 Å². The second kappa shape index (κ2) is 4.65. The highest BCUT2D eigenvalue weighted by molar-refractivity contribution is 6.10. The number of halogens is 1. The fraction of sp³-hybridized carbons (Fsp3) is 0.0909. The van der Waals surface area contributed by atoms with Gasteiger partial charge in [0.15, 0.2) is 0 Å². The van der Waals surface area contributed by atoms with Crippen molar-refractivity contribution in [2.45, 2.75) is 6.04 Å². The van der Waals surface area contributed by atoms with Gasteiger partial charge in [-0.05, 0) is 30.3 Å². The predicted molar refractivity (Wildman–Crippen MR) is 61.9 cm³/mol. The highest BCUT2D eigenvalue weighted by Gasteiger charge is 2.24. The first kappa shape index (κ1) is 11.1. The monoisotopic (exact) mass is 233 g/mol. The Morgan fingerprint density at radius 1 is 1.35 bits per heavy atom. The van der Waals surface area contributed by atoms with E-state index in [-0.39, 0.29) is 11.5 Å². The summed E-state index contributed by atoms with van der Waals surface area (Å²) >= 11 is 0. The maximum Gasteiger partial charge on any atom is 0.289 e. The molecule has 2 rings (SSSR count). The summed E-state index contributed by atoms with van der Waals surface area (Å²) in [5.74, 6) is -0.375. The lowest BCUT2D eigenvalue weighted by Gasteiger charge is -2.07. The molecule has 0 spiro atoms. The Bertz CT molecular complexity index is 520. The molecule has 0 amide bonds. The molecule has 0 radical (unpaired) electrons. The number of nitro groups is 1. The summed E-state index contributed by atoms with van der Waals surface area (Å²) in [5, 5.41) is 10.7. The Kier molecular flexibility index (Phi) is 3.04. The normalized spacial score (nSPS) is 20.8. The molecule has 1 aliphatic heterocycles. The summed E-state index contributed by atoms with van der Waals surface area (Å²) in [6.07, 6.45) is 4.11. The van der Waals surface area contributed by atoms with Gasteiger partial charge in [0, 0.05) is 11.1 Å². The van der Waals surface area contributed by atoms with Crippen LogP contribution >= 0.6 is 0 Å². The van der Waals surface area contributed by atoms with Crippen LogP contribution in [-0.2, 0) is 0 Å².